The van der Waals surface area contributed by atoms with Gasteiger partial charge in [-0.15, -0.1) is 0 Å². The monoisotopic (exact) mass is 554 g/mol. The molecule has 0 saturated carbocycles. The van der Waals surface area contributed by atoms with Gasteiger partial charge in [0.1, 0.15) is 17.2 Å². The summed E-state index contributed by atoms with van der Waals surface area (Å²) in [4.78, 5) is 23.8. The van der Waals surface area contributed by atoms with Crippen molar-refractivity contribution in [1.29, 1.82) is 0 Å². The third-order valence-electron chi connectivity index (χ3n) is 5.92. The van der Waals surface area contributed by atoms with Gasteiger partial charge in [0.15, 0.2) is 12.4 Å². The van der Waals surface area contributed by atoms with Crippen LogP contribution in [-0.4, -0.2) is 20.6 Å². The Kier molecular flexibility index (Phi) is 7.75. The van der Waals surface area contributed by atoms with Crippen molar-refractivity contribution in [3.63, 3.8) is 0 Å². The van der Waals surface area contributed by atoms with Crippen molar-refractivity contribution in [3.05, 3.63) is 130 Å². The molecule has 0 aliphatic rings. The number of hydrogen-bond donors (Lipinski definition) is 1. The second-order valence-corrected chi connectivity index (χ2v) is 9.28. The lowest BCUT2D eigenvalue weighted by atomic mass is 10.1. The molecule has 0 aliphatic carbocycles. The normalized spacial score (nSPS) is 10.7. The van der Waals surface area contributed by atoms with Gasteiger partial charge in [0.2, 0.25) is 0 Å². The summed E-state index contributed by atoms with van der Waals surface area (Å²) in [6.07, 6.45) is 1.61. The first kappa shape index (κ1) is 26.5. The summed E-state index contributed by atoms with van der Waals surface area (Å²) >= 11 is 6.00. The van der Waals surface area contributed by atoms with Crippen LogP contribution in [0, 0.1) is 17.0 Å². The molecule has 1 amide bonds. The quantitative estimate of drug-likeness (QED) is 0.149. The van der Waals surface area contributed by atoms with Crippen LogP contribution >= 0.6 is 11.6 Å². The average Bonchev–Trinajstić information content (AvgIpc) is 3.43. The number of nitro benzene ring substituents is 1. The zero-order valence-electron chi connectivity index (χ0n) is 21.3. The van der Waals surface area contributed by atoms with E-state index in [0.29, 0.717) is 16.5 Å². The Morgan fingerprint density at radius 3 is 2.42 bits per heavy atom. The Hall–Kier alpha value is -5.15. The van der Waals surface area contributed by atoms with Crippen LogP contribution in [0.25, 0.3) is 11.1 Å². The minimum atomic E-state index is -0.560. The fourth-order valence-corrected chi connectivity index (χ4v) is 4.17. The van der Waals surface area contributed by atoms with Gasteiger partial charge in [0, 0.05) is 23.4 Å². The summed E-state index contributed by atoms with van der Waals surface area (Å²) in [7, 11) is 0. The highest BCUT2D eigenvalue weighted by atomic mass is 35.5. The lowest BCUT2D eigenvalue weighted by molar-refractivity contribution is -0.384. The summed E-state index contributed by atoms with van der Waals surface area (Å²) < 4.78 is 13.1. The molecule has 0 unspecified atom stereocenters. The maximum Gasteiger partial charge on any atom is 0.276 e. The molecule has 5 rings (SSSR count). The number of aryl methyl sites for hydroxylation is 1. The van der Waals surface area contributed by atoms with E-state index in [0.717, 1.165) is 16.7 Å². The Labute approximate surface area is 234 Å². The van der Waals surface area contributed by atoms with Crippen LogP contribution in [0.1, 0.15) is 16.1 Å². The summed E-state index contributed by atoms with van der Waals surface area (Å²) in [5, 5.41) is 18.9. The van der Waals surface area contributed by atoms with Gasteiger partial charge >= 0.3 is 0 Å². The molecule has 40 heavy (non-hydrogen) atoms. The molecule has 4 aromatic carbocycles. The van der Waals surface area contributed by atoms with E-state index < -0.39 is 10.8 Å². The maximum atomic E-state index is 12.9. The number of halogens is 1. The highest BCUT2D eigenvalue weighted by molar-refractivity contribution is 6.30. The molecule has 200 valence electrons. The molecule has 1 N–H and O–H groups in total. The third-order valence-corrected chi connectivity index (χ3v) is 6.16. The van der Waals surface area contributed by atoms with Gasteiger partial charge in [-0.25, -0.2) is 4.68 Å². The van der Waals surface area contributed by atoms with Crippen molar-refractivity contribution in [3.8, 4) is 28.4 Å². The van der Waals surface area contributed by atoms with Crippen LogP contribution in [0.15, 0.2) is 103 Å². The number of hydrogen-bond acceptors (Lipinski definition) is 6. The van der Waals surface area contributed by atoms with Crippen LogP contribution < -0.4 is 14.8 Å². The molecule has 9 nitrogen and oxygen atoms in total. The summed E-state index contributed by atoms with van der Waals surface area (Å²) in [5.41, 5.74) is 3.00. The van der Waals surface area contributed by atoms with Gasteiger partial charge in [-0.2, -0.15) is 5.10 Å². The smallest absolute Gasteiger partial charge is 0.276 e. The van der Waals surface area contributed by atoms with E-state index in [-0.39, 0.29) is 29.5 Å². The Bertz CT molecular complexity index is 1670. The lowest BCUT2D eigenvalue weighted by Crippen LogP contribution is -2.14. The number of nitro groups is 1. The summed E-state index contributed by atoms with van der Waals surface area (Å²) in [6.45, 7) is 1.90. The second-order valence-electron chi connectivity index (χ2n) is 8.84. The molecule has 1 aromatic heterocycles. The van der Waals surface area contributed by atoms with E-state index in [9.17, 15) is 14.9 Å². The number of benzene rings is 4. The average molecular weight is 555 g/mol. The van der Waals surface area contributed by atoms with E-state index in [1.165, 1.54) is 28.9 Å². The van der Waals surface area contributed by atoms with Crippen molar-refractivity contribution < 1.29 is 19.2 Å². The number of ether oxygens (including phenoxy) is 2. The molecule has 0 bridgehead atoms. The van der Waals surface area contributed by atoms with E-state index in [1.54, 1.807) is 31.3 Å². The van der Waals surface area contributed by atoms with Gasteiger partial charge in [0.05, 0.1) is 16.7 Å². The molecule has 1 heterocycles. The number of carbonyl (C=O) groups excluding carboxylic acids is 1. The first-order valence-corrected chi connectivity index (χ1v) is 12.6. The van der Waals surface area contributed by atoms with Crippen molar-refractivity contribution in [1.82, 2.24) is 9.78 Å². The Balaban J connectivity index is 1.24. The van der Waals surface area contributed by atoms with Crippen molar-refractivity contribution in [2.45, 2.75) is 13.7 Å². The molecule has 5 aromatic rings. The predicted molar refractivity (Wildman–Crippen MR) is 152 cm³/mol. The zero-order valence-corrected chi connectivity index (χ0v) is 22.0. The number of amides is 1. The molecule has 0 atom stereocenters. The molecule has 0 saturated heterocycles. The molecule has 10 heteroatoms. The minimum absolute atomic E-state index is 0.0905. The molecule has 0 fully saturated rings. The van der Waals surface area contributed by atoms with E-state index in [4.69, 9.17) is 21.1 Å². The SMILES string of the molecule is Cc1cc(Cl)ccc1Oc1cc(NC(=O)c2ccn(COc3ccc(-c4ccccc4)cc3)n2)cc([N+](=O)[O-])c1. The standard InChI is InChI=1S/C30H23ClN4O5/c1-20-15-23(31)9-12-29(20)40-27-17-24(16-25(18-27)35(37)38)32-30(36)28-13-14-34(33-28)19-39-26-10-7-22(8-11-26)21-5-3-2-4-6-21/h2-18H,19H2,1H3,(H,32,36). The molecular formula is C30H23ClN4O5. The van der Waals surface area contributed by atoms with Crippen LogP contribution in [0.5, 0.6) is 17.2 Å². The highest BCUT2D eigenvalue weighted by Gasteiger charge is 2.16. The van der Waals surface area contributed by atoms with E-state index in [1.807, 2.05) is 54.6 Å². The number of non-ortho nitro benzene ring substituents is 1. The van der Waals surface area contributed by atoms with Crippen molar-refractivity contribution in [2.24, 2.45) is 0 Å². The zero-order chi connectivity index (χ0) is 28.1. The van der Waals surface area contributed by atoms with Gasteiger partial charge in [-0.05, 0) is 60.0 Å². The number of nitrogens with zero attached hydrogens (tertiary/aromatic N) is 3. The van der Waals surface area contributed by atoms with Crippen LogP contribution in [0.2, 0.25) is 5.02 Å². The number of carbonyl (C=O) groups is 1. The van der Waals surface area contributed by atoms with Crippen LogP contribution in [-0.2, 0) is 6.73 Å². The van der Waals surface area contributed by atoms with E-state index in [2.05, 4.69) is 10.4 Å². The topological polar surface area (TPSA) is 109 Å². The fourth-order valence-electron chi connectivity index (χ4n) is 3.94. The summed E-state index contributed by atoms with van der Waals surface area (Å²) in [6, 6.07) is 28.3. The largest absolute Gasteiger partial charge is 0.471 e. The van der Waals surface area contributed by atoms with Gasteiger partial charge in [-0.3, -0.25) is 14.9 Å². The number of nitrogens with one attached hydrogen (secondary N) is 1. The van der Waals surface area contributed by atoms with E-state index >= 15 is 0 Å². The number of rotatable bonds is 9. The number of anilines is 1. The third kappa shape index (κ3) is 6.46. The molecule has 0 spiro atoms. The molecule has 0 aliphatic heterocycles. The highest BCUT2D eigenvalue weighted by Crippen LogP contribution is 2.32. The van der Waals surface area contributed by atoms with Gasteiger partial charge < -0.3 is 14.8 Å². The fraction of sp³-hybridized carbons (Fsp3) is 0.0667. The predicted octanol–water partition coefficient (Wildman–Crippen LogP) is 7.50. The van der Waals surface area contributed by atoms with Gasteiger partial charge in [0.25, 0.3) is 11.6 Å². The lowest BCUT2D eigenvalue weighted by Gasteiger charge is -2.11. The first-order chi connectivity index (χ1) is 19.3. The van der Waals surface area contributed by atoms with Crippen molar-refractivity contribution >= 4 is 28.9 Å². The Morgan fingerprint density at radius 2 is 1.70 bits per heavy atom. The Morgan fingerprint density at radius 1 is 0.950 bits per heavy atom. The second kappa shape index (κ2) is 11.7. The number of aromatic nitrogens is 2. The van der Waals surface area contributed by atoms with Gasteiger partial charge in [-0.1, -0.05) is 54.1 Å². The van der Waals surface area contributed by atoms with Crippen LogP contribution in [0.3, 0.4) is 0 Å². The molecule has 0 radical (unpaired) electrons. The molecular weight excluding hydrogens is 532 g/mol. The van der Waals surface area contributed by atoms with Crippen LogP contribution in [0.4, 0.5) is 11.4 Å². The van der Waals surface area contributed by atoms with Crippen molar-refractivity contribution in [2.75, 3.05) is 5.32 Å². The summed E-state index contributed by atoms with van der Waals surface area (Å²) in [5.74, 6) is 0.782. The first-order valence-electron chi connectivity index (χ1n) is 12.2. The minimum Gasteiger partial charge on any atom is -0.471 e. The maximum absolute atomic E-state index is 12.9.